The minimum Gasteiger partial charge on any atom is -0.378 e. The van der Waals surface area contributed by atoms with Crippen LogP contribution in [0.1, 0.15) is 20.3 Å². The van der Waals surface area contributed by atoms with Gasteiger partial charge in [0.05, 0.1) is 19.5 Å². The molecule has 0 aliphatic heterocycles. The lowest BCUT2D eigenvalue weighted by atomic mass is 10.0. The highest BCUT2D eigenvalue weighted by molar-refractivity contribution is 4.76. The first-order chi connectivity index (χ1) is 6.64. The molecule has 1 heterocycles. The molecule has 1 rings (SSSR count). The highest BCUT2D eigenvalue weighted by atomic mass is 16.5. The van der Waals surface area contributed by atoms with Gasteiger partial charge in [-0.15, -0.1) is 0 Å². The van der Waals surface area contributed by atoms with E-state index in [4.69, 9.17) is 10.5 Å². The van der Waals surface area contributed by atoms with Crippen molar-refractivity contribution in [2.75, 3.05) is 13.2 Å². The normalized spacial score (nSPS) is 15.4. The lowest BCUT2D eigenvalue weighted by Gasteiger charge is -2.22. The van der Waals surface area contributed by atoms with E-state index >= 15 is 0 Å². The number of hydrogen-bond acceptors (Lipinski definition) is 3. The van der Waals surface area contributed by atoms with Gasteiger partial charge in [-0.2, -0.15) is 0 Å². The van der Waals surface area contributed by atoms with Gasteiger partial charge in [0.2, 0.25) is 0 Å². The predicted octanol–water partition coefficient (Wildman–Crippen LogP) is 1.03. The number of rotatable bonds is 6. The Morgan fingerprint density at radius 3 is 2.93 bits per heavy atom. The van der Waals surface area contributed by atoms with E-state index in [2.05, 4.69) is 11.9 Å². The SMILES string of the molecule is CCC(C)(N)COCCn1ccnc1. The third-order valence-corrected chi connectivity index (χ3v) is 2.29. The average molecular weight is 197 g/mol. The number of nitrogens with zero attached hydrogens (tertiary/aromatic N) is 2. The van der Waals surface area contributed by atoms with Gasteiger partial charge < -0.3 is 15.0 Å². The van der Waals surface area contributed by atoms with Crippen molar-refractivity contribution in [2.24, 2.45) is 5.73 Å². The van der Waals surface area contributed by atoms with Crippen LogP contribution in [-0.2, 0) is 11.3 Å². The third kappa shape index (κ3) is 3.89. The molecular weight excluding hydrogens is 178 g/mol. The van der Waals surface area contributed by atoms with E-state index in [1.54, 1.807) is 12.5 Å². The van der Waals surface area contributed by atoms with E-state index in [0.29, 0.717) is 13.2 Å². The zero-order valence-electron chi connectivity index (χ0n) is 8.94. The number of imidazole rings is 1. The molecular formula is C10H19N3O. The minimum atomic E-state index is -0.199. The van der Waals surface area contributed by atoms with Gasteiger partial charge in [0, 0.05) is 24.5 Å². The van der Waals surface area contributed by atoms with Gasteiger partial charge in [-0.25, -0.2) is 4.98 Å². The molecule has 0 fully saturated rings. The van der Waals surface area contributed by atoms with Gasteiger partial charge in [-0.3, -0.25) is 0 Å². The van der Waals surface area contributed by atoms with Crippen LogP contribution in [0.2, 0.25) is 0 Å². The Morgan fingerprint density at radius 2 is 2.36 bits per heavy atom. The Morgan fingerprint density at radius 1 is 1.57 bits per heavy atom. The second-order valence-electron chi connectivity index (χ2n) is 3.86. The monoisotopic (exact) mass is 197 g/mol. The van der Waals surface area contributed by atoms with Gasteiger partial charge in [0.1, 0.15) is 0 Å². The fourth-order valence-electron chi connectivity index (χ4n) is 0.996. The minimum absolute atomic E-state index is 0.199. The molecule has 0 amide bonds. The van der Waals surface area contributed by atoms with Crippen LogP contribution in [0.4, 0.5) is 0 Å². The molecule has 0 aliphatic carbocycles. The van der Waals surface area contributed by atoms with Crippen LogP contribution in [0.5, 0.6) is 0 Å². The van der Waals surface area contributed by atoms with Crippen molar-refractivity contribution in [1.82, 2.24) is 9.55 Å². The summed E-state index contributed by atoms with van der Waals surface area (Å²) >= 11 is 0. The summed E-state index contributed by atoms with van der Waals surface area (Å²) in [5, 5.41) is 0. The lowest BCUT2D eigenvalue weighted by molar-refractivity contribution is 0.0837. The topological polar surface area (TPSA) is 53.1 Å². The summed E-state index contributed by atoms with van der Waals surface area (Å²) in [5.41, 5.74) is 5.73. The summed E-state index contributed by atoms with van der Waals surface area (Å²) < 4.78 is 7.47. The van der Waals surface area contributed by atoms with E-state index in [1.165, 1.54) is 0 Å². The molecule has 2 N–H and O–H groups in total. The van der Waals surface area contributed by atoms with Gasteiger partial charge in [0.25, 0.3) is 0 Å². The van der Waals surface area contributed by atoms with E-state index in [0.717, 1.165) is 13.0 Å². The second kappa shape index (κ2) is 5.12. The van der Waals surface area contributed by atoms with Gasteiger partial charge in [0.15, 0.2) is 0 Å². The smallest absolute Gasteiger partial charge is 0.0946 e. The zero-order valence-corrected chi connectivity index (χ0v) is 8.94. The molecule has 1 aromatic rings. The predicted molar refractivity (Wildman–Crippen MR) is 55.9 cm³/mol. The zero-order chi connectivity index (χ0) is 10.4. The first-order valence-electron chi connectivity index (χ1n) is 4.96. The molecule has 80 valence electrons. The van der Waals surface area contributed by atoms with Crippen LogP contribution >= 0.6 is 0 Å². The Kier molecular flexibility index (Phi) is 4.10. The van der Waals surface area contributed by atoms with Crippen LogP contribution in [0.3, 0.4) is 0 Å². The maximum Gasteiger partial charge on any atom is 0.0946 e. The van der Waals surface area contributed by atoms with E-state index < -0.39 is 0 Å². The Hall–Kier alpha value is -0.870. The molecule has 4 heteroatoms. The van der Waals surface area contributed by atoms with Crippen LogP contribution in [0.15, 0.2) is 18.7 Å². The Balaban J connectivity index is 2.11. The van der Waals surface area contributed by atoms with Crippen molar-refractivity contribution in [3.05, 3.63) is 18.7 Å². The van der Waals surface area contributed by atoms with E-state index in [1.807, 2.05) is 17.7 Å². The molecule has 0 spiro atoms. The van der Waals surface area contributed by atoms with Crippen LogP contribution < -0.4 is 5.73 Å². The number of hydrogen-bond donors (Lipinski definition) is 1. The fraction of sp³-hybridized carbons (Fsp3) is 0.700. The standard InChI is InChI=1S/C10H19N3O/c1-3-10(2,11)8-14-7-6-13-5-4-12-9-13/h4-5,9H,3,6-8,11H2,1-2H3. The molecule has 1 unspecified atom stereocenters. The molecule has 0 bridgehead atoms. The largest absolute Gasteiger partial charge is 0.378 e. The Labute approximate surface area is 85.1 Å². The molecule has 1 aromatic heterocycles. The van der Waals surface area contributed by atoms with Gasteiger partial charge in [-0.1, -0.05) is 6.92 Å². The molecule has 0 saturated carbocycles. The fourth-order valence-corrected chi connectivity index (χ4v) is 0.996. The number of nitrogens with two attached hydrogens (primary N) is 1. The molecule has 0 saturated heterocycles. The molecule has 0 aliphatic rings. The highest BCUT2D eigenvalue weighted by Crippen LogP contribution is 2.04. The molecule has 1 atom stereocenters. The quantitative estimate of drug-likeness (QED) is 0.693. The average Bonchev–Trinajstić information content (AvgIpc) is 2.65. The van der Waals surface area contributed by atoms with Crippen molar-refractivity contribution in [2.45, 2.75) is 32.4 Å². The highest BCUT2D eigenvalue weighted by Gasteiger charge is 2.14. The van der Waals surface area contributed by atoms with Crippen LogP contribution in [0, 0.1) is 0 Å². The summed E-state index contributed by atoms with van der Waals surface area (Å²) in [6.07, 6.45) is 6.40. The maximum absolute atomic E-state index is 5.93. The molecule has 0 radical (unpaired) electrons. The van der Waals surface area contributed by atoms with Gasteiger partial charge >= 0.3 is 0 Å². The lowest BCUT2D eigenvalue weighted by Crippen LogP contribution is -2.40. The van der Waals surface area contributed by atoms with Gasteiger partial charge in [-0.05, 0) is 13.3 Å². The second-order valence-corrected chi connectivity index (χ2v) is 3.86. The van der Waals surface area contributed by atoms with Crippen molar-refractivity contribution < 1.29 is 4.74 Å². The van der Waals surface area contributed by atoms with Crippen molar-refractivity contribution >= 4 is 0 Å². The van der Waals surface area contributed by atoms with E-state index in [9.17, 15) is 0 Å². The summed E-state index contributed by atoms with van der Waals surface area (Å²) in [4.78, 5) is 3.95. The summed E-state index contributed by atoms with van der Waals surface area (Å²) in [7, 11) is 0. The molecule has 4 nitrogen and oxygen atoms in total. The summed E-state index contributed by atoms with van der Waals surface area (Å²) in [6.45, 7) is 6.20. The molecule has 14 heavy (non-hydrogen) atoms. The van der Waals surface area contributed by atoms with Crippen molar-refractivity contribution in [3.8, 4) is 0 Å². The Bertz CT molecular complexity index is 244. The third-order valence-electron chi connectivity index (χ3n) is 2.29. The molecule has 0 aromatic carbocycles. The van der Waals surface area contributed by atoms with E-state index in [-0.39, 0.29) is 5.54 Å². The first kappa shape index (κ1) is 11.2. The summed E-state index contributed by atoms with van der Waals surface area (Å²) in [6, 6.07) is 0. The van der Waals surface area contributed by atoms with Crippen LogP contribution in [0.25, 0.3) is 0 Å². The first-order valence-corrected chi connectivity index (χ1v) is 4.96. The van der Waals surface area contributed by atoms with Crippen LogP contribution in [-0.4, -0.2) is 28.3 Å². The summed E-state index contributed by atoms with van der Waals surface area (Å²) in [5.74, 6) is 0. The number of aromatic nitrogens is 2. The maximum atomic E-state index is 5.93. The van der Waals surface area contributed by atoms with Crippen molar-refractivity contribution in [1.29, 1.82) is 0 Å². The number of ether oxygens (including phenoxy) is 1. The van der Waals surface area contributed by atoms with Crippen molar-refractivity contribution in [3.63, 3.8) is 0 Å².